The van der Waals surface area contributed by atoms with Crippen LogP contribution in [-0.2, 0) is 0 Å². The zero-order valence-corrected chi connectivity index (χ0v) is 13.4. The maximum absolute atomic E-state index is 6.35. The van der Waals surface area contributed by atoms with E-state index in [0.29, 0.717) is 23.3 Å². The summed E-state index contributed by atoms with van der Waals surface area (Å²) in [6, 6.07) is 5.56. The molecule has 7 nitrogen and oxygen atoms in total. The van der Waals surface area contributed by atoms with Crippen molar-refractivity contribution < 1.29 is 4.74 Å². The standard InChI is InChI=1S/C15H15ClN6O/c1-3-23-15-10(2)14(18-8-19-15)21-13-5-4-11(6-12(13)16)22-9-17-7-20-22/h4-9H,3H2,1-2H3,(H,18,19,21). The van der Waals surface area contributed by atoms with E-state index in [1.807, 2.05) is 26.0 Å². The monoisotopic (exact) mass is 330 g/mol. The minimum Gasteiger partial charge on any atom is -0.478 e. The van der Waals surface area contributed by atoms with Crippen LogP contribution >= 0.6 is 11.6 Å². The van der Waals surface area contributed by atoms with E-state index in [1.54, 1.807) is 17.1 Å². The minimum atomic E-state index is 0.546. The van der Waals surface area contributed by atoms with Gasteiger partial charge in [0.25, 0.3) is 0 Å². The van der Waals surface area contributed by atoms with Crippen LogP contribution in [0.3, 0.4) is 0 Å². The summed E-state index contributed by atoms with van der Waals surface area (Å²) in [6.45, 7) is 4.35. The van der Waals surface area contributed by atoms with Crippen LogP contribution in [0.2, 0.25) is 5.02 Å². The lowest BCUT2D eigenvalue weighted by molar-refractivity contribution is 0.324. The summed E-state index contributed by atoms with van der Waals surface area (Å²) < 4.78 is 7.11. The van der Waals surface area contributed by atoms with E-state index in [0.717, 1.165) is 16.9 Å². The van der Waals surface area contributed by atoms with Crippen LogP contribution in [0.1, 0.15) is 12.5 Å². The van der Waals surface area contributed by atoms with Gasteiger partial charge in [-0.25, -0.2) is 19.6 Å². The summed E-state index contributed by atoms with van der Waals surface area (Å²) in [5.74, 6) is 1.21. The van der Waals surface area contributed by atoms with Crippen molar-refractivity contribution in [2.75, 3.05) is 11.9 Å². The van der Waals surface area contributed by atoms with Crippen molar-refractivity contribution in [3.63, 3.8) is 0 Å². The van der Waals surface area contributed by atoms with E-state index in [4.69, 9.17) is 16.3 Å². The Kier molecular flexibility index (Phi) is 4.38. The molecule has 0 amide bonds. The fourth-order valence-corrected chi connectivity index (χ4v) is 2.28. The first-order valence-corrected chi connectivity index (χ1v) is 7.42. The summed E-state index contributed by atoms with van der Waals surface area (Å²) >= 11 is 6.35. The van der Waals surface area contributed by atoms with Gasteiger partial charge < -0.3 is 10.1 Å². The smallest absolute Gasteiger partial charge is 0.221 e. The first kappa shape index (κ1) is 15.2. The number of anilines is 2. The van der Waals surface area contributed by atoms with Crippen molar-refractivity contribution in [2.24, 2.45) is 0 Å². The predicted molar refractivity (Wildman–Crippen MR) is 87.6 cm³/mol. The molecule has 0 unspecified atom stereocenters. The average Bonchev–Trinajstić information content (AvgIpc) is 3.07. The van der Waals surface area contributed by atoms with Crippen LogP contribution in [0.25, 0.3) is 5.69 Å². The summed E-state index contributed by atoms with van der Waals surface area (Å²) in [4.78, 5) is 12.3. The SMILES string of the molecule is CCOc1ncnc(Nc2ccc(-n3cncn3)cc2Cl)c1C. The molecule has 23 heavy (non-hydrogen) atoms. The van der Waals surface area contributed by atoms with Crippen molar-refractivity contribution in [1.29, 1.82) is 0 Å². The van der Waals surface area contributed by atoms with Crippen LogP contribution < -0.4 is 10.1 Å². The summed E-state index contributed by atoms with van der Waals surface area (Å²) in [6.07, 6.45) is 4.54. The van der Waals surface area contributed by atoms with Crippen LogP contribution in [-0.4, -0.2) is 31.3 Å². The third-order valence-electron chi connectivity index (χ3n) is 3.21. The topological polar surface area (TPSA) is 77.8 Å². The summed E-state index contributed by atoms with van der Waals surface area (Å²) in [5.41, 5.74) is 2.39. The van der Waals surface area contributed by atoms with Crippen LogP contribution in [0.5, 0.6) is 5.88 Å². The van der Waals surface area contributed by atoms with Gasteiger partial charge in [0.05, 0.1) is 28.6 Å². The lowest BCUT2D eigenvalue weighted by Gasteiger charge is -2.13. The van der Waals surface area contributed by atoms with E-state index in [2.05, 4.69) is 25.4 Å². The molecule has 2 aromatic heterocycles. The third kappa shape index (κ3) is 3.24. The lowest BCUT2D eigenvalue weighted by Crippen LogP contribution is -2.03. The van der Waals surface area contributed by atoms with Crippen LogP contribution in [0.15, 0.2) is 37.2 Å². The van der Waals surface area contributed by atoms with Crippen molar-refractivity contribution in [1.82, 2.24) is 24.7 Å². The van der Waals surface area contributed by atoms with Gasteiger partial charge in [-0.15, -0.1) is 0 Å². The molecular weight excluding hydrogens is 316 g/mol. The van der Waals surface area contributed by atoms with Gasteiger partial charge in [0.15, 0.2) is 0 Å². The number of aromatic nitrogens is 5. The Balaban J connectivity index is 1.88. The normalized spacial score (nSPS) is 10.6. The molecule has 3 rings (SSSR count). The molecule has 1 aromatic carbocycles. The molecule has 0 bridgehead atoms. The van der Waals surface area contributed by atoms with Gasteiger partial charge in [-0.3, -0.25) is 0 Å². The minimum absolute atomic E-state index is 0.546. The molecule has 0 spiro atoms. The number of rotatable bonds is 5. The molecular formula is C15H15ClN6O. The molecule has 2 heterocycles. The quantitative estimate of drug-likeness (QED) is 0.774. The molecule has 0 atom stereocenters. The van der Waals surface area contributed by atoms with E-state index in [9.17, 15) is 0 Å². The molecule has 3 aromatic rings. The fraction of sp³-hybridized carbons (Fsp3) is 0.200. The van der Waals surface area contributed by atoms with Gasteiger partial charge >= 0.3 is 0 Å². The number of hydrogen-bond acceptors (Lipinski definition) is 6. The molecule has 0 saturated carbocycles. The Morgan fingerprint density at radius 3 is 2.83 bits per heavy atom. The second-order valence-corrected chi connectivity index (χ2v) is 5.12. The molecule has 118 valence electrons. The second-order valence-electron chi connectivity index (χ2n) is 4.71. The highest BCUT2D eigenvalue weighted by Gasteiger charge is 2.10. The van der Waals surface area contributed by atoms with Gasteiger partial charge in [0.1, 0.15) is 24.8 Å². The highest BCUT2D eigenvalue weighted by Crippen LogP contribution is 2.29. The Bertz CT molecular complexity index is 806. The third-order valence-corrected chi connectivity index (χ3v) is 3.52. The van der Waals surface area contributed by atoms with Crippen molar-refractivity contribution in [3.05, 3.63) is 47.8 Å². The van der Waals surface area contributed by atoms with Crippen molar-refractivity contribution in [2.45, 2.75) is 13.8 Å². The number of halogens is 1. The average molecular weight is 331 g/mol. The van der Waals surface area contributed by atoms with Gasteiger partial charge in [-0.1, -0.05) is 11.6 Å². The number of nitrogens with one attached hydrogen (secondary N) is 1. The van der Waals surface area contributed by atoms with Crippen molar-refractivity contribution in [3.8, 4) is 11.6 Å². The molecule has 0 saturated heterocycles. The number of nitrogens with zero attached hydrogens (tertiary/aromatic N) is 5. The fourth-order valence-electron chi connectivity index (χ4n) is 2.06. The molecule has 0 aliphatic rings. The Labute approximate surface area is 138 Å². The highest BCUT2D eigenvalue weighted by atomic mass is 35.5. The summed E-state index contributed by atoms with van der Waals surface area (Å²) in [7, 11) is 0. The molecule has 0 aliphatic heterocycles. The molecule has 0 fully saturated rings. The van der Waals surface area contributed by atoms with Gasteiger partial charge in [-0.05, 0) is 32.0 Å². The van der Waals surface area contributed by atoms with Gasteiger partial charge in [0, 0.05) is 0 Å². The Morgan fingerprint density at radius 1 is 1.26 bits per heavy atom. The number of hydrogen-bond donors (Lipinski definition) is 1. The van der Waals surface area contributed by atoms with Gasteiger partial charge in [0.2, 0.25) is 5.88 Å². The predicted octanol–water partition coefficient (Wildman–Crippen LogP) is 3.16. The first-order chi connectivity index (χ1) is 11.2. The Hall–Kier alpha value is -2.67. The number of benzene rings is 1. The van der Waals surface area contributed by atoms with E-state index >= 15 is 0 Å². The first-order valence-electron chi connectivity index (χ1n) is 7.05. The molecule has 0 aliphatic carbocycles. The van der Waals surface area contributed by atoms with E-state index in [-0.39, 0.29) is 0 Å². The molecule has 1 N–H and O–H groups in total. The molecule has 0 radical (unpaired) electrons. The number of ether oxygens (including phenoxy) is 1. The Morgan fingerprint density at radius 2 is 2.13 bits per heavy atom. The van der Waals surface area contributed by atoms with Crippen molar-refractivity contribution >= 4 is 23.1 Å². The molecule has 8 heteroatoms. The lowest BCUT2D eigenvalue weighted by atomic mass is 10.2. The maximum atomic E-state index is 6.35. The second kappa shape index (κ2) is 6.62. The zero-order chi connectivity index (χ0) is 16.2. The van der Waals surface area contributed by atoms with E-state index in [1.165, 1.54) is 12.7 Å². The maximum Gasteiger partial charge on any atom is 0.221 e. The van der Waals surface area contributed by atoms with Crippen LogP contribution in [0.4, 0.5) is 11.5 Å². The highest BCUT2D eigenvalue weighted by molar-refractivity contribution is 6.33. The van der Waals surface area contributed by atoms with E-state index < -0.39 is 0 Å². The summed E-state index contributed by atoms with van der Waals surface area (Å²) in [5, 5.41) is 7.83. The van der Waals surface area contributed by atoms with Crippen LogP contribution in [0, 0.1) is 6.92 Å². The van der Waals surface area contributed by atoms with Gasteiger partial charge in [-0.2, -0.15) is 5.10 Å². The zero-order valence-electron chi connectivity index (χ0n) is 12.7. The largest absolute Gasteiger partial charge is 0.478 e.